The van der Waals surface area contributed by atoms with Crippen molar-refractivity contribution in [3.63, 3.8) is 0 Å². The molecule has 0 bridgehead atoms. The molecule has 124 valence electrons. The van der Waals surface area contributed by atoms with E-state index in [2.05, 4.69) is 10.6 Å². The monoisotopic (exact) mass is 318 g/mol. The molecule has 3 N–H and O–H groups in total. The number of rotatable bonds is 7. The Bertz CT molecular complexity index is 611. The number of hydrogen-bond acceptors (Lipinski definition) is 4. The second-order valence-electron chi connectivity index (χ2n) is 5.43. The van der Waals surface area contributed by atoms with Crippen LogP contribution in [0.15, 0.2) is 47.1 Å². The van der Waals surface area contributed by atoms with E-state index in [1.807, 2.05) is 32.0 Å². The summed E-state index contributed by atoms with van der Waals surface area (Å²) >= 11 is 0. The lowest BCUT2D eigenvalue weighted by Gasteiger charge is -2.12. The van der Waals surface area contributed by atoms with E-state index in [0.717, 1.165) is 5.56 Å². The van der Waals surface area contributed by atoms with Gasteiger partial charge in [0.2, 0.25) is 0 Å². The van der Waals surface area contributed by atoms with Gasteiger partial charge in [0.05, 0.1) is 25.5 Å². The predicted molar refractivity (Wildman–Crippen MR) is 87.1 cm³/mol. The normalized spacial score (nSPS) is 12.2. The second kappa shape index (κ2) is 8.36. The summed E-state index contributed by atoms with van der Waals surface area (Å²) in [5.41, 5.74) is 1.65. The summed E-state index contributed by atoms with van der Waals surface area (Å²) in [7, 11) is 0. The van der Waals surface area contributed by atoms with E-state index < -0.39 is 12.1 Å². The molecule has 1 atom stereocenters. The smallest absolute Gasteiger partial charge is 0.319 e. The Labute approximate surface area is 135 Å². The summed E-state index contributed by atoms with van der Waals surface area (Å²) in [6.07, 6.45) is 0.753. The van der Waals surface area contributed by atoms with E-state index in [-0.39, 0.29) is 12.6 Å². The van der Waals surface area contributed by atoms with Crippen molar-refractivity contribution in [2.75, 3.05) is 11.9 Å². The fourth-order valence-corrected chi connectivity index (χ4v) is 1.95. The number of aliphatic hydroxyl groups is 1. The molecule has 0 aliphatic carbocycles. The van der Waals surface area contributed by atoms with Crippen LogP contribution in [0.3, 0.4) is 0 Å². The molecular formula is C17H22N2O4. The molecule has 2 aromatic rings. The van der Waals surface area contributed by atoms with E-state index in [0.29, 0.717) is 18.1 Å². The van der Waals surface area contributed by atoms with Crippen LogP contribution >= 0.6 is 0 Å². The van der Waals surface area contributed by atoms with E-state index in [1.165, 1.54) is 6.26 Å². The van der Waals surface area contributed by atoms with Gasteiger partial charge in [-0.1, -0.05) is 12.1 Å². The molecule has 0 aliphatic heterocycles. The first-order chi connectivity index (χ1) is 11.0. The molecule has 0 radical (unpaired) electrons. The van der Waals surface area contributed by atoms with Gasteiger partial charge in [0.25, 0.3) is 0 Å². The predicted octanol–water partition coefficient (Wildman–Crippen LogP) is 3.06. The van der Waals surface area contributed by atoms with Gasteiger partial charge in [-0.25, -0.2) is 4.79 Å². The molecule has 2 amide bonds. The van der Waals surface area contributed by atoms with Crippen LogP contribution in [0.4, 0.5) is 10.5 Å². The van der Waals surface area contributed by atoms with Crippen LogP contribution < -0.4 is 10.6 Å². The van der Waals surface area contributed by atoms with Gasteiger partial charge in [-0.15, -0.1) is 0 Å². The molecule has 0 fully saturated rings. The highest BCUT2D eigenvalue weighted by Crippen LogP contribution is 2.13. The highest BCUT2D eigenvalue weighted by atomic mass is 16.5. The standard InChI is InChI=1S/C17H22N2O4/c1-12(2)23-11-13-5-3-6-14(9-13)19-17(21)18-10-15(20)16-7-4-8-22-16/h3-9,12,15,20H,10-11H2,1-2H3,(H2,18,19,21). The Morgan fingerprint density at radius 2 is 2.13 bits per heavy atom. The minimum atomic E-state index is -0.874. The van der Waals surface area contributed by atoms with E-state index in [4.69, 9.17) is 9.15 Å². The number of amides is 2. The lowest BCUT2D eigenvalue weighted by molar-refractivity contribution is 0.0657. The number of nitrogens with one attached hydrogen (secondary N) is 2. The summed E-state index contributed by atoms with van der Waals surface area (Å²) in [5.74, 6) is 0.415. The molecule has 6 nitrogen and oxygen atoms in total. The van der Waals surface area contributed by atoms with Crippen molar-refractivity contribution in [2.45, 2.75) is 32.7 Å². The quantitative estimate of drug-likeness (QED) is 0.732. The first-order valence-electron chi connectivity index (χ1n) is 7.51. The summed E-state index contributed by atoms with van der Waals surface area (Å²) < 4.78 is 10.6. The average molecular weight is 318 g/mol. The molecule has 0 saturated heterocycles. The molecule has 0 saturated carbocycles. The van der Waals surface area contributed by atoms with E-state index >= 15 is 0 Å². The Balaban J connectivity index is 1.81. The third kappa shape index (κ3) is 5.77. The lowest BCUT2D eigenvalue weighted by Crippen LogP contribution is -2.32. The SMILES string of the molecule is CC(C)OCc1cccc(NC(=O)NCC(O)c2ccco2)c1. The van der Waals surface area contributed by atoms with Crippen molar-refractivity contribution in [3.8, 4) is 0 Å². The maximum atomic E-state index is 11.9. The van der Waals surface area contributed by atoms with E-state index in [1.54, 1.807) is 18.2 Å². The van der Waals surface area contributed by atoms with Crippen molar-refractivity contribution < 1.29 is 19.1 Å². The molecule has 23 heavy (non-hydrogen) atoms. The second-order valence-corrected chi connectivity index (χ2v) is 5.43. The zero-order valence-corrected chi connectivity index (χ0v) is 13.3. The first kappa shape index (κ1) is 17.1. The van der Waals surface area contributed by atoms with Crippen molar-refractivity contribution in [2.24, 2.45) is 0 Å². The summed E-state index contributed by atoms with van der Waals surface area (Å²) in [6.45, 7) is 4.50. The van der Waals surface area contributed by atoms with Crippen LogP contribution in [-0.4, -0.2) is 23.8 Å². The number of aliphatic hydroxyl groups excluding tert-OH is 1. The highest BCUT2D eigenvalue weighted by Gasteiger charge is 2.11. The Hall–Kier alpha value is -2.31. The molecule has 2 rings (SSSR count). The molecule has 1 aromatic heterocycles. The van der Waals surface area contributed by atoms with Crippen molar-refractivity contribution in [1.29, 1.82) is 0 Å². The molecule has 0 aliphatic rings. The highest BCUT2D eigenvalue weighted by molar-refractivity contribution is 5.89. The summed E-state index contributed by atoms with van der Waals surface area (Å²) in [5, 5.41) is 15.2. The summed E-state index contributed by atoms with van der Waals surface area (Å²) in [4.78, 5) is 11.9. The van der Waals surface area contributed by atoms with Crippen LogP contribution in [0.5, 0.6) is 0 Å². The largest absolute Gasteiger partial charge is 0.467 e. The Morgan fingerprint density at radius 1 is 1.30 bits per heavy atom. The zero-order chi connectivity index (χ0) is 16.7. The van der Waals surface area contributed by atoms with Gasteiger partial charge in [0, 0.05) is 5.69 Å². The number of carbonyl (C=O) groups excluding carboxylic acids is 1. The third-order valence-electron chi connectivity index (χ3n) is 3.10. The van der Waals surface area contributed by atoms with Crippen LogP contribution in [-0.2, 0) is 11.3 Å². The molecule has 1 heterocycles. The fourth-order valence-electron chi connectivity index (χ4n) is 1.95. The van der Waals surface area contributed by atoms with Gasteiger partial charge in [-0.3, -0.25) is 0 Å². The van der Waals surface area contributed by atoms with Crippen LogP contribution in [0, 0.1) is 0 Å². The minimum Gasteiger partial charge on any atom is -0.467 e. The third-order valence-corrected chi connectivity index (χ3v) is 3.10. The number of hydrogen-bond donors (Lipinski definition) is 3. The zero-order valence-electron chi connectivity index (χ0n) is 13.3. The topological polar surface area (TPSA) is 83.7 Å². The van der Waals surface area contributed by atoms with Gasteiger partial charge in [0.1, 0.15) is 11.9 Å². The van der Waals surface area contributed by atoms with Gasteiger partial charge >= 0.3 is 6.03 Å². The molecule has 6 heteroatoms. The van der Waals surface area contributed by atoms with Crippen molar-refractivity contribution in [3.05, 3.63) is 54.0 Å². The molecule has 1 unspecified atom stereocenters. The number of anilines is 1. The van der Waals surface area contributed by atoms with Gasteiger partial charge in [-0.05, 0) is 43.7 Å². The lowest BCUT2D eigenvalue weighted by atomic mass is 10.2. The molecule has 1 aromatic carbocycles. The number of ether oxygens (including phenoxy) is 1. The maximum Gasteiger partial charge on any atom is 0.319 e. The number of furan rings is 1. The van der Waals surface area contributed by atoms with Crippen LogP contribution in [0.1, 0.15) is 31.3 Å². The summed E-state index contributed by atoms with van der Waals surface area (Å²) in [6, 6.07) is 10.4. The number of carbonyl (C=O) groups is 1. The number of benzene rings is 1. The first-order valence-corrected chi connectivity index (χ1v) is 7.51. The van der Waals surface area contributed by atoms with Crippen molar-refractivity contribution in [1.82, 2.24) is 5.32 Å². The Kier molecular flexibility index (Phi) is 6.19. The van der Waals surface area contributed by atoms with Gasteiger partial charge in [-0.2, -0.15) is 0 Å². The minimum absolute atomic E-state index is 0.0650. The van der Waals surface area contributed by atoms with Crippen LogP contribution in [0.2, 0.25) is 0 Å². The van der Waals surface area contributed by atoms with E-state index in [9.17, 15) is 9.90 Å². The van der Waals surface area contributed by atoms with Crippen molar-refractivity contribution >= 4 is 11.7 Å². The van der Waals surface area contributed by atoms with Crippen LogP contribution in [0.25, 0.3) is 0 Å². The number of urea groups is 1. The van der Waals surface area contributed by atoms with Gasteiger partial charge < -0.3 is 24.9 Å². The maximum absolute atomic E-state index is 11.9. The molecular weight excluding hydrogens is 296 g/mol. The fraction of sp³-hybridized carbons (Fsp3) is 0.353. The average Bonchev–Trinajstić information content (AvgIpc) is 3.05. The Morgan fingerprint density at radius 3 is 2.83 bits per heavy atom. The molecule has 0 spiro atoms. The van der Waals surface area contributed by atoms with Gasteiger partial charge in [0.15, 0.2) is 0 Å².